The number of rotatable bonds is 5. The third-order valence-corrected chi connectivity index (χ3v) is 4.21. The molecule has 4 rings (SSSR count). The number of hydrogen-bond acceptors (Lipinski definition) is 4. The number of fused-ring (bicyclic) bond motifs is 1. The van der Waals surface area contributed by atoms with E-state index in [1.165, 1.54) is 18.8 Å². The molecule has 0 saturated heterocycles. The van der Waals surface area contributed by atoms with Crippen LogP contribution in [0.1, 0.15) is 21.8 Å². The number of aromatic nitrogens is 1. The molecule has 0 saturated carbocycles. The molecular weight excluding hydrogens is 320 g/mol. The third-order valence-electron chi connectivity index (χ3n) is 4.21. The molecule has 0 aliphatic carbocycles. The number of hydrogen-bond donors (Lipinski definition) is 3. The maximum absolute atomic E-state index is 12.5. The van der Waals surface area contributed by atoms with Gasteiger partial charge in [-0.3, -0.25) is 4.79 Å². The molecule has 3 aromatic heterocycles. The first kappa shape index (κ1) is 15.3. The average Bonchev–Trinajstić information content (AvgIpc) is 3.40. The van der Waals surface area contributed by atoms with Crippen molar-refractivity contribution in [3.05, 3.63) is 84.3 Å². The summed E-state index contributed by atoms with van der Waals surface area (Å²) in [5.41, 5.74) is 0.288. The number of para-hydroxylation sites is 1. The highest BCUT2D eigenvalue weighted by Crippen LogP contribution is 2.30. The summed E-state index contributed by atoms with van der Waals surface area (Å²) in [5, 5.41) is 14.8. The summed E-state index contributed by atoms with van der Waals surface area (Å²) >= 11 is 0. The number of amides is 1. The Hall–Kier alpha value is -3.25. The van der Waals surface area contributed by atoms with E-state index >= 15 is 0 Å². The van der Waals surface area contributed by atoms with E-state index in [2.05, 4.69) is 10.3 Å². The molecule has 25 heavy (non-hydrogen) atoms. The van der Waals surface area contributed by atoms with Crippen molar-refractivity contribution in [2.45, 2.75) is 5.60 Å². The quantitative estimate of drug-likeness (QED) is 0.522. The highest BCUT2D eigenvalue weighted by molar-refractivity contribution is 5.98. The maximum atomic E-state index is 12.5. The van der Waals surface area contributed by atoms with Crippen LogP contribution in [0, 0.1) is 0 Å². The number of aliphatic hydroxyl groups is 1. The Morgan fingerprint density at radius 3 is 2.76 bits per heavy atom. The van der Waals surface area contributed by atoms with E-state index in [9.17, 15) is 9.90 Å². The molecular formula is C19H16N2O4. The van der Waals surface area contributed by atoms with Crippen LogP contribution in [0.25, 0.3) is 10.9 Å². The summed E-state index contributed by atoms with van der Waals surface area (Å²) in [5.74, 6) is 0.00974. The normalized spacial score (nSPS) is 13.6. The minimum Gasteiger partial charge on any atom is -0.472 e. The zero-order chi connectivity index (χ0) is 17.3. The van der Waals surface area contributed by atoms with Gasteiger partial charge in [0.1, 0.15) is 11.5 Å². The van der Waals surface area contributed by atoms with Crippen LogP contribution in [0.5, 0.6) is 0 Å². The molecule has 0 spiro atoms. The van der Waals surface area contributed by atoms with Gasteiger partial charge in [0.15, 0.2) is 5.60 Å². The van der Waals surface area contributed by atoms with Crippen molar-refractivity contribution in [3.8, 4) is 0 Å². The number of H-pyrrole nitrogens is 1. The lowest BCUT2D eigenvalue weighted by atomic mass is 9.93. The molecule has 0 fully saturated rings. The van der Waals surface area contributed by atoms with Crippen molar-refractivity contribution in [2.75, 3.05) is 6.54 Å². The van der Waals surface area contributed by atoms with Crippen molar-refractivity contribution >= 4 is 16.8 Å². The first-order chi connectivity index (χ1) is 12.2. The Morgan fingerprint density at radius 2 is 2.04 bits per heavy atom. The van der Waals surface area contributed by atoms with Gasteiger partial charge in [0, 0.05) is 16.5 Å². The number of furan rings is 2. The predicted molar refractivity (Wildman–Crippen MR) is 91.0 cm³/mol. The Morgan fingerprint density at radius 1 is 1.16 bits per heavy atom. The zero-order valence-corrected chi connectivity index (χ0v) is 13.2. The van der Waals surface area contributed by atoms with Gasteiger partial charge in [-0.05, 0) is 30.3 Å². The maximum Gasteiger partial charge on any atom is 0.267 e. The highest BCUT2D eigenvalue weighted by Gasteiger charge is 2.36. The minimum absolute atomic E-state index is 0.0613. The number of carbonyl (C=O) groups is 1. The monoisotopic (exact) mass is 336 g/mol. The van der Waals surface area contributed by atoms with E-state index in [4.69, 9.17) is 8.83 Å². The van der Waals surface area contributed by atoms with Gasteiger partial charge >= 0.3 is 0 Å². The van der Waals surface area contributed by atoms with Crippen LogP contribution in [0.3, 0.4) is 0 Å². The molecule has 3 N–H and O–H groups in total. The second-order valence-corrected chi connectivity index (χ2v) is 5.80. The fourth-order valence-electron chi connectivity index (χ4n) is 2.84. The molecule has 1 amide bonds. The zero-order valence-electron chi connectivity index (χ0n) is 13.2. The Bertz CT molecular complexity index is 916. The molecule has 6 nitrogen and oxygen atoms in total. The average molecular weight is 336 g/mol. The lowest BCUT2D eigenvalue weighted by Crippen LogP contribution is -2.41. The standard InChI is InChI=1S/C19H16N2O4/c22-18(16-10-13-4-1-2-5-15(13)21-16)20-12-19(23,14-7-9-24-11-14)17-6-3-8-25-17/h1-11,21,23H,12H2,(H,20,22)/t19-/m0/s1. The lowest BCUT2D eigenvalue weighted by molar-refractivity contribution is 0.0519. The topological polar surface area (TPSA) is 91.4 Å². The predicted octanol–water partition coefficient (Wildman–Crippen LogP) is 3.02. The SMILES string of the molecule is O=C(NC[C@](O)(c1ccoc1)c1ccco1)c1cc2ccccc2[nH]1. The van der Waals surface area contributed by atoms with Crippen LogP contribution < -0.4 is 5.32 Å². The first-order valence-electron chi connectivity index (χ1n) is 7.82. The van der Waals surface area contributed by atoms with Gasteiger partial charge in [0.2, 0.25) is 0 Å². The molecule has 4 aromatic rings. The number of benzene rings is 1. The molecule has 0 bridgehead atoms. The van der Waals surface area contributed by atoms with Crippen molar-refractivity contribution in [1.82, 2.24) is 10.3 Å². The van der Waals surface area contributed by atoms with E-state index < -0.39 is 5.60 Å². The van der Waals surface area contributed by atoms with Crippen molar-refractivity contribution < 1.29 is 18.7 Å². The fourth-order valence-corrected chi connectivity index (χ4v) is 2.84. The first-order valence-corrected chi connectivity index (χ1v) is 7.82. The van der Waals surface area contributed by atoms with Crippen molar-refractivity contribution in [2.24, 2.45) is 0 Å². The molecule has 1 atom stereocenters. The molecule has 0 aliphatic heterocycles. The van der Waals surface area contributed by atoms with Crippen LogP contribution in [0.15, 0.2) is 76.2 Å². The number of aromatic amines is 1. The van der Waals surface area contributed by atoms with Gasteiger partial charge in [-0.25, -0.2) is 0 Å². The number of nitrogens with one attached hydrogen (secondary N) is 2. The van der Waals surface area contributed by atoms with Crippen LogP contribution in [-0.2, 0) is 5.60 Å². The molecule has 0 unspecified atom stereocenters. The molecule has 3 heterocycles. The summed E-state index contributed by atoms with van der Waals surface area (Å²) < 4.78 is 10.4. The second-order valence-electron chi connectivity index (χ2n) is 5.80. The Balaban J connectivity index is 1.58. The van der Waals surface area contributed by atoms with E-state index in [0.717, 1.165) is 10.9 Å². The van der Waals surface area contributed by atoms with Crippen molar-refractivity contribution in [1.29, 1.82) is 0 Å². The summed E-state index contributed by atoms with van der Waals surface area (Å²) in [4.78, 5) is 15.6. The number of carbonyl (C=O) groups excluding carboxylic acids is 1. The van der Waals surface area contributed by atoms with E-state index in [-0.39, 0.29) is 12.5 Å². The van der Waals surface area contributed by atoms with Gasteiger partial charge in [0.05, 0.1) is 25.3 Å². The molecule has 1 aromatic carbocycles. The highest BCUT2D eigenvalue weighted by atomic mass is 16.4. The van der Waals surface area contributed by atoms with E-state index in [0.29, 0.717) is 17.0 Å². The fraction of sp³-hybridized carbons (Fsp3) is 0.105. The molecule has 6 heteroatoms. The van der Waals surface area contributed by atoms with Crippen LogP contribution in [0.4, 0.5) is 0 Å². The summed E-state index contributed by atoms with van der Waals surface area (Å²) in [6.07, 6.45) is 4.36. The van der Waals surface area contributed by atoms with Crippen LogP contribution >= 0.6 is 0 Å². The molecule has 0 aliphatic rings. The summed E-state index contributed by atoms with van der Waals surface area (Å²) in [6.45, 7) is -0.0613. The second kappa shape index (κ2) is 5.99. The summed E-state index contributed by atoms with van der Waals surface area (Å²) in [6, 6.07) is 14.4. The third kappa shape index (κ3) is 2.72. The summed E-state index contributed by atoms with van der Waals surface area (Å²) in [7, 11) is 0. The lowest BCUT2D eigenvalue weighted by Gasteiger charge is -2.25. The Kier molecular flexibility index (Phi) is 3.66. The Labute approximate surface area is 143 Å². The van der Waals surface area contributed by atoms with Crippen LogP contribution in [0.2, 0.25) is 0 Å². The molecule has 126 valence electrons. The van der Waals surface area contributed by atoms with Gasteiger partial charge in [-0.2, -0.15) is 0 Å². The van der Waals surface area contributed by atoms with Gasteiger partial charge in [0.25, 0.3) is 5.91 Å². The smallest absolute Gasteiger partial charge is 0.267 e. The minimum atomic E-state index is -1.52. The molecule has 0 radical (unpaired) electrons. The van der Waals surface area contributed by atoms with Crippen LogP contribution in [-0.4, -0.2) is 22.5 Å². The largest absolute Gasteiger partial charge is 0.472 e. The van der Waals surface area contributed by atoms with Gasteiger partial charge in [-0.1, -0.05) is 18.2 Å². The van der Waals surface area contributed by atoms with Gasteiger partial charge in [-0.15, -0.1) is 0 Å². The van der Waals surface area contributed by atoms with E-state index in [1.54, 1.807) is 24.3 Å². The van der Waals surface area contributed by atoms with E-state index in [1.807, 2.05) is 24.3 Å². The van der Waals surface area contributed by atoms with Crippen molar-refractivity contribution in [3.63, 3.8) is 0 Å². The van der Waals surface area contributed by atoms with Gasteiger partial charge < -0.3 is 24.2 Å².